The van der Waals surface area contributed by atoms with E-state index in [1.54, 1.807) is 13.0 Å². The second-order valence-electron chi connectivity index (χ2n) is 4.06. The van der Waals surface area contributed by atoms with Crippen molar-refractivity contribution < 1.29 is 9.53 Å². The lowest BCUT2D eigenvalue weighted by Gasteiger charge is -2.16. The lowest BCUT2D eigenvalue weighted by atomic mass is 10.1. The van der Waals surface area contributed by atoms with Gasteiger partial charge >= 0.3 is 0 Å². The van der Waals surface area contributed by atoms with Gasteiger partial charge in [0, 0.05) is 6.54 Å². The monoisotopic (exact) mass is 233 g/mol. The molecule has 0 aliphatic carbocycles. The lowest BCUT2D eigenvalue weighted by molar-refractivity contribution is -0.127. The van der Waals surface area contributed by atoms with Crippen LogP contribution < -0.4 is 10.1 Å². The van der Waals surface area contributed by atoms with Gasteiger partial charge in [-0.05, 0) is 38.0 Å². The Morgan fingerprint density at radius 3 is 2.88 bits per heavy atom. The average molecular weight is 233 g/mol. The van der Waals surface area contributed by atoms with Gasteiger partial charge in [0.15, 0.2) is 6.10 Å². The summed E-state index contributed by atoms with van der Waals surface area (Å²) in [6, 6.07) is 5.94. The van der Waals surface area contributed by atoms with Gasteiger partial charge in [-0.1, -0.05) is 18.2 Å². The maximum atomic E-state index is 11.6. The largest absolute Gasteiger partial charge is 0.481 e. The fourth-order valence-electron chi connectivity index (χ4n) is 1.39. The van der Waals surface area contributed by atoms with Crippen LogP contribution in [0.1, 0.15) is 18.1 Å². The molecular weight excluding hydrogens is 214 g/mol. The highest BCUT2D eigenvalue weighted by Gasteiger charge is 2.14. The van der Waals surface area contributed by atoms with Gasteiger partial charge in [0.2, 0.25) is 0 Å². The van der Waals surface area contributed by atoms with Crippen LogP contribution in [0, 0.1) is 13.8 Å². The van der Waals surface area contributed by atoms with Crippen LogP contribution in [-0.4, -0.2) is 18.6 Å². The maximum Gasteiger partial charge on any atom is 0.261 e. The third-order valence-electron chi connectivity index (χ3n) is 2.44. The zero-order chi connectivity index (χ0) is 12.8. The van der Waals surface area contributed by atoms with Gasteiger partial charge in [-0.2, -0.15) is 0 Å². The van der Waals surface area contributed by atoms with Crippen LogP contribution in [0.3, 0.4) is 0 Å². The minimum Gasteiger partial charge on any atom is -0.481 e. The Bertz CT molecular complexity index is 413. The van der Waals surface area contributed by atoms with Gasteiger partial charge < -0.3 is 10.1 Å². The summed E-state index contributed by atoms with van der Waals surface area (Å²) in [5, 5.41) is 2.70. The Hall–Kier alpha value is -1.77. The molecule has 0 saturated carbocycles. The Kier molecular flexibility index (Phi) is 4.76. The summed E-state index contributed by atoms with van der Waals surface area (Å²) in [6.07, 6.45) is 1.14. The molecule has 0 aliphatic rings. The molecular formula is C14H19NO2. The summed E-state index contributed by atoms with van der Waals surface area (Å²) < 4.78 is 5.64. The standard InChI is InChI=1S/C14H19NO2/c1-5-8-15-14(16)12(4)17-13-9-10(2)6-7-11(13)3/h5-7,9,12H,1,8H2,2-4H3,(H,15,16)/t12-/m1/s1. The molecule has 1 rings (SSSR count). The molecule has 1 atom stereocenters. The van der Waals surface area contributed by atoms with Gasteiger partial charge in [-0.15, -0.1) is 6.58 Å². The Balaban J connectivity index is 2.66. The van der Waals surface area contributed by atoms with Crippen molar-refractivity contribution in [3.63, 3.8) is 0 Å². The molecule has 17 heavy (non-hydrogen) atoms. The minimum atomic E-state index is -0.504. The predicted octanol–water partition coefficient (Wildman–Crippen LogP) is 2.37. The average Bonchev–Trinajstić information content (AvgIpc) is 2.30. The summed E-state index contributed by atoms with van der Waals surface area (Å²) in [5.74, 6) is 0.622. The number of ether oxygens (including phenoxy) is 1. The summed E-state index contributed by atoms with van der Waals surface area (Å²) in [4.78, 5) is 11.6. The van der Waals surface area contributed by atoms with Gasteiger partial charge in [0.1, 0.15) is 5.75 Å². The van der Waals surface area contributed by atoms with E-state index in [1.807, 2.05) is 32.0 Å². The van der Waals surface area contributed by atoms with Crippen LogP contribution >= 0.6 is 0 Å². The van der Waals surface area contributed by atoms with E-state index in [2.05, 4.69) is 11.9 Å². The van der Waals surface area contributed by atoms with E-state index in [9.17, 15) is 4.79 Å². The van der Waals surface area contributed by atoms with Crippen LogP contribution in [0.2, 0.25) is 0 Å². The number of rotatable bonds is 5. The third kappa shape index (κ3) is 3.94. The highest BCUT2D eigenvalue weighted by atomic mass is 16.5. The molecule has 0 radical (unpaired) electrons. The first-order chi connectivity index (χ1) is 8.04. The quantitative estimate of drug-likeness (QED) is 0.793. The Morgan fingerprint density at radius 2 is 2.24 bits per heavy atom. The second kappa shape index (κ2) is 6.09. The number of hydrogen-bond acceptors (Lipinski definition) is 2. The fourth-order valence-corrected chi connectivity index (χ4v) is 1.39. The lowest BCUT2D eigenvalue weighted by Crippen LogP contribution is -2.36. The van der Waals surface area contributed by atoms with Crippen molar-refractivity contribution in [3.05, 3.63) is 42.0 Å². The predicted molar refractivity (Wildman–Crippen MR) is 69.2 cm³/mol. The Labute approximate surface area is 102 Å². The van der Waals surface area contributed by atoms with E-state index in [0.29, 0.717) is 6.54 Å². The topological polar surface area (TPSA) is 38.3 Å². The molecule has 0 aliphatic heterocycles. The summed E-state index contributed by atoms with van der Waals surface area (Å²) in [5.41, 5.74) is 2.14. The van der Waals surface area contributed by atoms with Crippen LogP contribution in [0.15, 0.2) is 30.9 Å². The number of amides is 1. The van der Waals surface area contributed by atoms with Gasteiger partial charge in [0.25, 0.3) is 5.91 Å². The van der Waals surface area contributed by atoms with Crippen molar-refractivity contribution in [2.24, 2.45) is 0 Å². The molecule has 0 fully saturated rings. The van der Waals surface area contributed by atoms with Crippen LogP contribution in [0.4, 0.5) is 0 Å². The van der Waals surface area contributed by atoms with E-state index < -0.39 is 6.10 Å². The molecule has 1 N–H and O–H groups in total. The van der Waals surface area contributed by atoms with Gasteiger partial charge in [-0.3, -0.25) is 4.79 Å². The maximum absolute atomic E-state index is 11.6. The second-order valence-corrected chi connectivity index (χ2v) is 4.06. The van der Waals surface area contributed by atoms with E-state index in [4.69, 9.17) is 4.74 Å². The SMILES string of the molecule is C=CCNC(=O)[C@@H](C)Oc1cc(C)ccc1C. The van der Waals surface area contributed by atoms with Crippen LogP contribution in [0.5, 0.6) is 5.75 Å². The molecule has 1 amide bonds. The summed E-state index contributed by atoms with van der Waals surface area (Å²) in [6.45, 7) is 9.70. The van der Waals surface area contributed by atoms with Gasteiger partial charge in [-0.25, -0.2) is 0 Å². The molecule has 0 spiro atoms. The fraction of sp³-hybridized carbons (Fsp3) is 0.357. The van der Waals surface area contributed by atoms with Crippen molar-refractivity contribution in [1.29, 1.82) is 0 Å². The molecule has 0 aromatic heterocycles. The first-order valence-corrected chi connectivity index (χ1v) is 5.67. The number of aryl methyl sites for hydroxylation is 2. The van der Waals surface area contributed by atoms with E-state index in [0.717, 1.165) is 16.9 Å². The molecule has 0 saturated heterocycles. The highest BCUT2D eigenvalue weighted by molar-refractivity contribution is 5.80. The molecule has 1 aromatic carbocycles. The summed E-state index contributed by atoms with van der Waals surface area (Å²) in [7, 11) is 0. The van der Waals surface area contributed by atoms with Crippen molar-refractivity contribution >= 4 is 5.91 Å². The van der Waals surface area contributed by atoms with Crippen molar-refractivity contribution in [2.45, 2.75) is 26.9 Å². The smallest absolute Gasteiger partial charge is 0.261 e. The first-order valence-electron chi connectivity index (χ1n) is 5.67. The van der Waals surface area contributed by atoms with Crippen LogP contribution in [0.25, 0.3) is 0 Å². The number of benzene rings is 1. The molecule has 92 valence electrons. The van der Waals surface area contributed by atoms with Gasteiger partial charge in [0.05, 0.1) is 0 Å². The highest BCUT2D eigenvalue weighted by Crippen LogP contribution is 2.20. The molecule has 1 aromatic rings. The molecule has 0 heterocycles. The molecule has 3 nitrogen and oxygen atoms in total. The van der Waals surface area contributed by atoms with Crippen molar-refractivity contribution in [1.82, 2.24) is 5.32 Å². The van der Waals surface area contributed by atoms with Crippen molar-refractivity contribution in [2.75, 3.05) is 6.54 Å². The molecule has 0 bridgehead atoms. The molecule has 3 heteroatoms. The normalized spacial score (nSPS) is 11.7. The first kappa shape index (κ1) is 13.3. The zero-order valence-corrected chi connectivity index (χ0v) is 10.6. The van der Waals surface area contributed by atoms with Crippen LogP contribution in [-0.2, 0) is 4.79 Å². The zero-order valence-electron chi connectivity index (χ0n) is 10.6. The van der Waals surface area contributed by atoms with E-state index in [1.165, 1.54) is 0 Å². The molecule has 0 unspecified atom stereocenters. The number of carbonyl (C=O) groups excluding carboxylic acids is 1. The number of hydrogen-bond donors (Lipinski definition) is 1. The van der Waals surface area contributed by atoms with Crippen molar-refractivity contribution in [3.8, 4) is 5.75 Å². The Morgan fingerprint density at radius 1 is 1.53 bits per heavy atom. The number of nitrogens with one attached hydrogen (secondary N) is 1. The third-order valence-corrected chi connectivity index (χ3v) is 2.44. The van der Waals surface area contributed by atoms with E-state index >= 15 is 0 Å². The summed E-state index contributed by atoms with van der Waals surface area (Å²) >= 11 is 0. The minimum absolute atomic E-state index is 0.134. The number of carbonyl (C=O) groups is 1. The van der Waals surface area contributed by atoms with E-state index in [-0.39, 0.29) is 5.91 Å².